The molecule has 2 aromatic heterocycles. The van der Waals surface area contributed by atoms with Gasteiger partial charge in [-0.3, -0.25) is 0 Å². The van der Waals surface area contributed by atoms with Gasteiger partial charge in [0.05, 0.1) is 11.7 Å². The van der Waals surface area contributed by atoms with Crippen LogP contribution >= 0.6 is 11.3 Å². The first kappa shape index (κ1) is 9.97. The van der Waals surface area contributed by atoms with E-state index in [0.29, 0.717) is 5.95 Å². The van der Waals surface area contributed by atoms with Crippen molar-refractivity contribution in [3.8, 4) is 0 Å². The number of nitrogens with one attached hydrogen (secondary N) is 1. The Bertz CT molecular complexity index is 588. The normalized spacial score (nSPS) is 18.1. The van der Waals surface area contributed by atoms with E-state index in [0.717, 1.165) is 4.88 Å². The highest BCUT2D eigenvalue weighted by atomic mass is 32.1. The SMILES string of the molecule is O=C([O-])C1=C[C@H](c2cccs2)n2nnnc2N1. The van der Waals surface area contributed by atoms with Gasteiger partial charge < -0.3 is 15.2 Å². The van der Waals surface area contributed by atoms with Crippen LogP contribution in [-0.2, 0) is 4.79 Å². The molecule has 86 valence electrons. The van der Waals surface area contributed by atoms with Crippen molar-refractivity contribution in [2.24, 2.45) is 0 Å². The van der Waals surface area contributed by atoms with Crippen LogP contribution in [0.15, 0.2) is 29.3 Å². The Morgan fingerprint density at radius 3 is 3.18 bits per heavy atom. The second-order valence-electron chi connectivity index (χ2n) is 3.40. The van der Waals surface area contributed by atoms with E-state index < -0.39 is 5.97 Å². The van der Waals surface area contributed by atoms with Crippen LogP contribution in [0.4, 0.5) is 5.95 Å². The molecule has 0 fully saturated rings. The van der Waals surface area contributed by atoms with Gasteiger partial charge in [-0.05, 0) is 27.9 Å². The summed E-state index contributed by atoms with van der Waals surface area (Å²) < 4.78 is 1.53. The maximum atomic E-state index is 10.9. The lowest BCUT2D eigenvalue weighted by atomic mass is 10.2. The molecule has 0 radical (unpaired) electrons. The fourth-order valence-corrected chi connectivity index (χ4v) is 2.41. The summed E-state index contributed by atoms with van der Waals surface area (Å²) in [5.41, 5.74) is -0.0225. The minimum atomic E-state index is -1.28. The van der Waals surface area contributed by atoms with Crippen LogP contribution in [0.3, 0.4) is 0 Å². The van der Waals surface area contributed by atoms with Gasteiger partial charge >= 0.3 is 0 Å². The van der Waals surface area contributed by atoms with Crippen LogP contribution in [0, 0.1) is 0 Å². The van der Waals surface area contributed by atoms with E-state index in [2.05, 4.69) is 20.8 Å². The van der Waals surface area contributed by atoms with Gasteiger partial charge in [0.2, 0.25) is 5.95 Å². The third-order valence-electron chi connectivity index (χ3n) is 2.38. The van der Waals surface area contributed by atoms with Gasteiger partial charge in [0.15, 0.2) is 0 Å². The first-order valence-corrected chi connectivity index (χ1v) is 5.65. The number of anilines is 1. The first-order valence-electron chi connectivity index (χ1n) is 4.77. The summed E-state index contributed by atoms with van der Waals surface area (Å²) in [5.74, 6) is -0.981. The molecule has 3 heterocycles. The van der Waals surface area contributed by atoms with Crippen molar-refractivity contribution >= 4 is 23.3 Å². The van der Waals surface area contributed by atoms with E-state index in [1.54, 1.807) is 0 Å². The smallest absolute Gasteiger partial charge is 0.248 e. The highest BCUT2D eigenvalue weighted by Crippen LogP contribution is 2.29. The Hall–Kier alpha value is -2.22. The molecule has 0 saturated carbocycles. The fraction of sp³-hybridized carbons (Fsp3) is 0.111. The molecule has 0 aromatic carbocycles. The highest BCUT2D eigenvalue weighted by Gasteiger charge is 2.24. The number of allylic oxidation sites excluding steroid dienone is 1. The zero-order valence-electron chi connectivity index (χ0n) is 8.40. The van der Waals surface area contributed by atoms with Crippen LogP contribution in [0.5, 0.6) is 0 Å². The largest absolute Gasteiger partial charge is 0.543 e. The maximum absolute atomic E-state index is 10.9. The molecule has 0 spiro atoms. The van der Waals surface area contributed by atoms with Crippen molar-refractivity contribution in [2.75, 3.05) is 5.32 Å². The average molecular weight is 248 g/mol. The summed E-state index contributed by atoms with van der Waals surface area (Å²) in [7, 11) is 0. The number of fused-ring (bicyclic) bond motifs is 1. The third kappa shape index (κ3) is 1.58. The fourth-order valence-electron chi connectivity index (χ4n) is 1.64. The van der Waals surface area contributed by atoms with Gasteiger partial charge in [-0.25, -0.2) is 0 Å². The van der Waals surface area contributed by atoms with Crippen LogP contribution in [0.2, 0.25) is 0 Å². The minimum absolute atomic E-state index is 0.0225. The molecule has 0 saturated heterocycles. The van der Waals surface area contributed by atoms with Crippen molar-refractivity contribution < 1.29 is 9.90 Å². The molecule has 7 nitrogen and oxygen atoms in total. The summed E-state index contributed by atoms with van der Waals surface area (Å²) in [6, 6.07) is 3.47. The number of aliphatic carboxylic acids is 1. The van der Waals surface area contributed by atoms with Crippen LogP contribution in [0.1, 0.15) is 10.9 Å². The molecule has 1 atom stereocenters. The maximum Gasteiger partial charge on any atom is 0.248 e. The second kappa shape index (κ2) is 3.67. The number of aromatic nitrogens is 4. The number of thiophene rings is 1. The number of carboxylic acid groups (broad SMARTS) is 1. The molecule has 1 N–H and O–H groups in total. The molecule has 0 amide bonds. The number of tetrazole rings is 1. The Balaban J connectivity index is 2.10. The Morgan fingerprint density at radius 1 is 1.59 bits per heavy atom. The number of nitrogens with zero attached hydrogens (tertiary/aromatic N) is 4. The van der Waals surface area contributed by atoms with E-state index in [1.807, 2.05) is 17.5 Å². The Kier molecular flexibility index (Phi) is 2.15. The number of hydrogen-bond acceptors (Lipinski definition) is 7. The van der Waals surface area contributed by atoms with Crippen LogP contribution in [0.25, 0.3) is 0 Å². The standard InChI is InChI=1S/C9H7N5O2S/c15-8(16)5-4-6(7-2-1-3-17-7)14-9(10-5)11-12-13-14/h1-4,6H,(H,15,16)(H,10,11,13)/p-1/t6-/m1/s1. The van der Waals surface area contributed by atoms with Crippen LogP contribution < -0.4 is 10.4 Å². The van der Waals surface area contributed by atoms with Crippen molar-refractivity contribution in [3.05, 3.63) is 34.2 Å². The summed E-state index contributed by atoms with van der Waals surface area (Å²) in [6.07, 6.45) is 1.53. The topological polar surface area (TPSA) is 95.8 Å². The summed E-state index contributed by atoms with van der Waals surface area (Å²) in [6.45, 7) is 0. The van der Waals surface area contributed by atoms with Gasteiger partial charge in [-0.1, -0.05) is 11.2 Å². The predicted molar refractivity (Wildman–Crippen MR) is 57.0 cm³/mol. The van der Waals surface area contributed by atoms with E-state index >= 15 is 0 Å². The van der Waals surface area contributed by atoms with E-state index in [4.69, 9.17) is 0 Å². The summed E-state index contributed by atoms with van der Waals surface area (Å²) >= 11 is 1.51. The van der Waals surface area contributed by atoms with E-state index in [-0.39, 0.29) is 11.7 Å². The zero-order valence-corrected chi connectivity index (χ0v) is 9.22. The van der Waals surface area contributed by atoms with Crippen molar-refractivity contribution in [1.29, 1.82) is 0 Å². The van der Waals surface area contributed by atoms with E-state index in [9.17, 15) is 9.90 Å². The molecular formula is C9H6N5O2S-. The van der Waals surface area contributed by atoms with Crippen molar-refractivity contribution in [3.63, 3.8) is 0 Å². The van der Waals surface area contributed by atoms with Gasteiger partial charge in [-0.15, -0.1) is 11.3 Å². The van der Waals surface area contributed by atoms with E-state index in [1.165, 1.54) is 22.1 Å². The average Bonchev–Trinajstić information content (AvgIpc) is 2.98. The number of carbonyl (C=O) groups is 1. The lowest BCUT2D eigenvalue weighted by molar-refractivity contribution is -0.299. The molecular weight excluding hydrogens is 242 g/mol. The highest BCUT2D eigenvalue weighted by molar-refractivity contribution is 7.10. The molecule has 2 aromatic rings. The summed E-state index contributed by atoms with van der Waals surface area (Å²) in [4.78, 5) is 11.8. The molecule has 1 aliphatic rings. The lowest BCUT2D eigenvalue weighted by Crippen LogP contribution is -2.32. The number of carbonyl (C=O) groups excluding carboxylic acids is 1. The second-order valence-corrected chi connectivity index (χ2v) is 4.38. The minimum Gasteiger partial charge on any atom is -0.543 e. The number of rotatable bonds is 2. The van der Waals surface area contributed by atoms with Gasteiger partial charge in [0, 0.05) is 4.88 Å². The molecule has 8 heteroatoms. The van der Waals surface area contributed by atoms with Crippen molar-refractivity contribution in [1.82, 2.24) is 20.2 Å². The van der Waals surface area contributed by atoms with Gasteiger partial charge in [0.25, 0.3) is 0 Å². The lowest BCUT2D eigenvalue weighted by Gasteiger charge is -2.22. The number of hydrogen-bond donors (Lipinski definition) is 1. The zero-order chi connectivity index (χ0) is 11.8. The quantitative estimate of drug-likeness (QED) is 0.761. The summed E-state index contributed by atoms with van der Waals surface area (Å²) in [5, 5.41) is 26.5. The molecule has 0 bridgehead atoms. The Labute approximate surface area is 99.4 Å². The predicted octanol–water partition coefficient (Wildman–Crippen LogP) is -0.617. The molecule has 1 aliphatic heterocycles. The van der Waals surface area contributed by atoms with Crippen molar-refractivity contribution in [2.45, 2.75) is 6.04 Å². The third-order valence-corrected chi connectivity index (χ3v) is 3.32. The molecule has 3 rings (SSSR count). The van der Waals surface area contributed by atoms with Gasteiger partial charge in [-0.2, -0.15) is 4.68 Å². The van der Waals surface area contributed by atoms with Crippen LogP contribution in [-0.4, -0.2) is 26.2 Å². The molecule has 17 heavy (non-hydrogen) atoms. The monoisotopic (exact) mass is 248 g/mol. The first-order chi connectivity index (χ1) is 8.25. The molecule has 0 aliphatic carbocycles. The molecule has 0 unspecified atom stereocenters. The Morgan fingerprint density at radius 2 is 2.47 bits per heavy atom. The number of carboxylic acids is 1. The van der Waals surface area contributed by atoms with Gasteiger partial charge in [0.1, 0.15) is 6.04 Å².